The highest BCUT2D eigenvalue weighted by atomic mass is 32.1. The van der Waals surface area contributed by atoms with Crippen LogP contribution in [0.25, 0.3) is 0 Å². The molecule has 118 valence electrons. The predicted molar refractivity (Wildman–Crippen MR) is 86.4 cm³/mol. The van der Waals surface area contributed by atoms with Crippen molar-refractivity contribution in [2.75, 3.05) is 0 Å². The monoisotopic (exact) mass is 320 g/mol. The highest BCUT2D eigenvalue weighted by Crippen LogP contribution is 2.23. The van der Waals surface area contributed by atoms with Crippen molar-refractivity contribution in [1.82, 2.24) is 9.88 Å². The second-order valence-electron chi connectivity index (χ2n) is 5.17. The van der Waals surface area contributed by atoms with E-state index in [9.17, 15) is 9.59 Å². The maximum absolute atomic E-state index is 12.5. The van der Waals surface area contributed by atoms with E-state index in [1.807, 2.05) is 44.4 Å². The van der Waals surface area contributed by atoms with Crippen LogP contribution in [0.4, 0.5) is 0 Å². The Morgan fingerprint density at radius 2 is 2.14 bits per heavy atom. The van der Waals surface area contributed by atoms with E-state index in [4.69, 9.17) is 5.11 Å². The fraction of sp³-hybridized carbons (Fsp3) is 0.375. The zero-order valence-corrected chi connectivity index (χ0v) is 13.7. The third-order valence-electron chi connectivity index (χ3n) is 3.71. The molecule has 0 aliphatic rings. The summed E-state index contributed by atoms with van der Waals surface area (Å²) in [7, 11) is 0. The normalized spacial score (nSPS) is 12.1. The van der Waals surface area contributed by atoms with Gasteiger partial charge in [-0.25, -0.2) is 0 Å². The molecule has 0 unspecified atom stereocenters. The molecular weight excluding hydrogens is 300 g/mol. The molecule has 0 saturated heterocycles. The van der Waals surface area contributed by atoms with Crippen LogP contribution in [0.5, 0.6) is 0 Å². The molecule has 1 amide bonds. The lowest BCUT2D eigenvalue weighted by molar-refractivity contribution is -0.137. The Morgan fingerprint density at radius 1 is 1.41 bits per heavy atom. The molecule has 0 fully saturated rings. The number of carbonyl (C=O) groups is 2. The number of carbonyl (C=O) groups excluding carboxylic acids is 1. The first-order valence-corrected chi connectivity index (χ1v) is 8.04. The van der Waals surface area contributed by atoms with Crippen molar-refractivity contribution in [3.8, 4) is 0 Å². The molecular formula is C16H20N2O3S. The van der Waals surface area contributed by atoms with Crippen molar-refractivity contribution in [3.63, 3.8) is 0 Å². The first-order chi connectivity index (χ1) is 10.4. The van der Waals surface area contributed by atoms with Crippen LogP contribution in [0.2, 0.25) is 0 Å². The molecule has 2 aromatic rings. The zero-order chi connectivity index (χ0) is 16.3. The summed E-state index contributed by atoms with van der Waals surface area (Å²) >= 11 is 1.44. The SMILES string of the molecule is CCn1c(C)cc(C(=O)N[C@@H](CC(=O)O)c2cccs2)c1C. The third kappa shape index (κ3) is 3.39. The van der Waals surface area contributed by atoms with E-state index in [2.05, 4.69) is 9.88 Å². The summed E-state index contributed by atoms with van der Waals surface area (Å²) in [6, 6.07) is 5.04. The number of nitrogens with zero attached hydrogens (tertiary/aromatic N) is 1. The number of hydrogen-bond acceptors (Lipinski definition) is 3. The minimum absolute atomic E-state index is 0.126. The largest absolute Gasteiger partial charge is 0.481 e. The van der Waals surface area contributed by atoms with Crippen molar-refractivity contribution < 1.29 is 14.7 Å². The minimum Gasteiger partial charge on any atom is -0.481 e. The van der Waals surface area contributed by atoms with Crippen molar-refractivity contribution in [3.05, 3.63) is 45.4 Å². The molecule has 0 aliphatic heterocycles. The molecule has 0 spiro atoms. The van der Waals surface area contributed by atoms with E-state index in [1.54, 1.807) is 0 Å². The number of aryl methyl sites for hydroxylation is 1. The molecule has 2 heterocycles. The third-order valence-corrected chi connectivity index (χ3v) is 4.69. The lowest BCUT2D eigenvalue weighted by Gasteiger charge is -2.15. The predicted octanol–water partition coefficient (Wildman–Crippen LogP) is 3.13. The summed E-state index contributed by atoms with van der Waals surface area (Å²) in [4.78, 5) is 24.4. The van der Waals surface area contributed by atoms with Crippen molar-refractivity contribution in [2.24, 2.45) is 0 Å². The van der Waals surface area contributed by atoms with Gasteiger partial charge < -0.3 is 15.0 Å². The van der Waals surface area contributed by atoms with Crippen LogP contribution in [0.15, 0.2) is 23.6 Å². The first-order valence-electron chi connectivity index (χ1n) is 7.16. The number of carboxylic acid groups (broad SMARTS) is 1. The summed E-state index contributed by atoms with van der Waals surface area (Å²) in [6.07, 6.45) is -0.126. The minimum atomic E-state index is -0.933. The zero-order valence-electron chi connectivity index (χ0n) is 12.9. The molecule has 0 aliphatic carbocycles. The fourth-order valence-corrected chi connectivity index (χ4v) is 3.42. The molecule has 0 aromatic carbocycles. The van der Waals surface area contributed by atoms with Gasteiger partial charge in [0.15, 0.2) is 0 Å². The lowest BCUT2D eigenvalue weighted by atomic mass is 10.1. The van der Waals surface area contributed by atoms with Crippen molar-refractivity contribution in [2.45, 2.75) is 39.8 Å². The number of nitrogens with one attached hydrogen (secondary N) is 1. The average Bonchev–Trinajstić information content (AvgIpc) is 3.06. The van der Waals surface area contributed by atoms with Gasteiger partial charge in [-0.05, 0) is 38.3 Å². The second kappa shape index (κ2) is 6.79. The number of aromatic nitrogens is 1. The summed E-state index contributed by atoms with van der Waals surface area (Å²) in [5, 5.41) is 13.8. The van der Waals surface area contributed by atoms with Crippen LogP contribution < -0.4 is 5.32 Å². The first kappa shape index (κ1) is 16.3. The average molecular weight is 320 g/mol. The lowest BCUT2D eigenvalue weighted by Crippen LogP contribution is -2.30. The van der Waals surface area contributed by atoms with Gasteiger partial charge >= 0.3 is 5.97 Å². The molecule has 22 heavy (non-hydrogen) atoms. The van der Waals surface area contributed by atoms with Gasteiger partial charge in [0.25, 0.3) is 5.91 Å². The smallest absolute Gasteiger partial charge is 0.305 e. The fourth-order valence-electron chi connectivity index (χ4n) is 2.64. The summed E-state index contributed by atoms with van der Waals surface area (Å²) < 4.78 is 2.06. The van der Waals surface area contributed by atoms with Gasteiger partial charge in [-0.2, -0.15) is 0 Å². The molecule has 2 N–H and O–H groups in total. The van der Waals surface area contributed by atoms with Gasteiger partial charge in [0.1, 0.15) is 0 Å². The van der Waals surface area contributed by atoms with Crippen LogP contribution in [-0.2, 0) is 11.3 Å². The topological polar surface area (TPSA) is 71.3 Å². The Morgan fingerprint density at radius 3 is 2.64 bits per heavy atom. The Labute approximate surface area is 133 Å². The van der Waals surface area contributed by atoms with Crippen LogP contribution in [0, 0.1) is 13.8 Å². The Hall–Kier alpha value is -2.08. The maximum atomic E-state index is 12.5. The van der Waals surface area contributed by atoms with Crippen LogP contribution in [0.1, 0.15) is 46.0 Å². The number of rotatable bonds is 6. The number of hydrogen-bond donors (Lipinski definition) is 2. The summed E-state index contributed by atoms with van der Waals surface area (Å²) in [6.45, 7) is 6.69. The van der Waals surface area contributed by atoms with E-state index < -0.39 is 12.0 Å². The maximum Gasteiger partial charge on any atom is 0.305 e. The number of aliphatic carboxylic acids is 1. The molecule has 0 radical (unpaired) electrons. The van der Waals surface area contributed by atoms with Gasteiger partial charge in [0.2, 0.25) is 0 Å². The Balaban J connectivity index is 2.23. The molecule has 2 aromatic heterocycles. The van der Waals surface area contributed by atoms with Gasteiger partial charge in [0.05, 0.1) is 18.0 Å². The van der Waals surface area contributed by atoms with Gasteiger partial charge in [-0.3, -0.25) is 9.59 Å². The van der Waals surface area contributed by atoms with Gasteiger partial charge in [0, 0.05) is 22.8 Å². The standard InChI is InChI=1S/C16H20N2O3S/c1-4-18-10(2)8-12(11(18)3)16(21)17-13(9-15(19)20)14-6-5-7-22-14/h5-8,13H,4,9H2,1-3H3,(H,17,21)(H,19,20)/t13-/m0/s1. The van der Waals surface area contributed by atoms with Crippen LogP contribution in [0.3, 0.4) is 0 Å². The molecule has 0 bridgehead atoms. The van der Waals surface area contributed by atoms with Crippen LogP contribution in [-0.4, -0.2) is 21.6 Å². The number of carboxylic acids is 1. The number of thiophene rings is 1. The van der Waals surface area contributed by atoms with Crippen molar-refractivity contribution in [1.29, 1.82) is 0 Å². The highest BCUT2D eigenvalue weighted by Gasteiger charge is 2.22. The van der Waals surface area contributed by atoms with E-state index in [0.29, 0.717) is 5.56 Å². The molecule has 2 rings (SSSR count). The summed E-state index contributed by atoms with van der Waals surface area (Å²) in [5.41, 5.74) is 2.53. The number of amides is 1. The summed E-state index contributed by atoms with van der Waals surface area (Å²) in [5.74, 6) is -1.16. The van der Waals surface area contributed by atoms with E-state index in [-0.39, 0.29) is 12.3 Å². The molecule has 5 nitrogen and oxygen atoms in total. The van der Waals surface area contributed by atoms with Crippen molar-refractivity contribution >= 4 is 23.2 Å². The second-order valence-corrected chi connectivity index (χ2v) is 6.15. The Kier molecular flexibility index (Phi) is 5.03. The van der Waals surface area contributed by atoms with Crippen LogP contribution >= 0.6 is 11.3 Å². The molecule has 0 saturated carbocycles. The quantitative estimate of drug-likeness (QED) is 0.859. The van der Waals surface area contributed by atoms with Gasteiger partial charge in [-0.15, -0.1) is 11.3 Å². The Bertz CT molecular complexity index is 674. The molecule has 6 heteroatoms. The van der Waals surface area contributed by atoms with E-state index in [0.717, 1.165) is 22.8 Å². The van der Waals surface area contributed by atoms with E-state index >= 15 is 0 Å². The van der Waals surface area contributed by atoms with Gasteiger partial charge in [-0.1, -0.05) is 6.07 Å². The van der Waals surface area contributed by atoms with E-state index in [1.165, 1.54) is 11.3 Å². The molecule has 1 atom stereocenters. The highest BCUT2D eigenvalue weighted by molar-refractivity contribution is 7.10.